The smallest absolute Gasteiger partial charge is 0.306 e. The molecule has 0 aromatic heterocycles. The van der Waals surface area contributed by atoms with Crippen LogP contribution in [-0.4, -0.2) is 37.2 Å². The van der Waals surface area contributed by atoms with E-state index in [4.69, 9.17) is 14.2 Å². The lowest BCUT2D eigenvalue weighted by Gasteiger charge is -2.18. The van der Waals surface area contributed by atoms with Crippen LogP contribution in [0.4, 0.5) is 0 Å². The van der Waals surface area contributed by atoms with E-state index in [1.807, 2.05) is 0 Å². The summed E-state index contributed by atoms with van der Waals surface area (Å²) in [6.07, 6.45) is 55.5. The molecular formula is C53H96O6. The molecule has 0 bridgehead atoms. The Bertz CT molecular complexity index is 1000. The van der Waals surface area contributed by atoms with Gasteiger partial charge in [0, 0.05) is 19.3 Å². The van der Waals surface area contributed by atoms with Crippen molar-refractivity contribution in [1.29, 1.82) is 0 Å². The highest BCUT2D eigenvalue weighted by Gasteiger charge is 2.19. The molecule has 0 aliphatic heterocycles. The fourth-order valence-electron chi connectivity index (χ4n) is 7.23. The van der Waals surface area contributed by atoms with Gasteiger partial charge in [-0.15, -0.1) is 0 Å². The summed E-state index contributed by atoms with van der Waals surface area (Å²) in [5.41, 5.74) is 0. The molecule has 0 aliphatic carbocycles. The molecule has 1 unspecified atom stereocenters. The highest BCUT2D eigenvalue weighted by Crippen LogP contribution is 2.15. The number of allylic oxidation sites excluding steroid dienone is 6. The van der Waals surface area contributed by atoms with Crippen molar-refractivity contribution in [3.8, 4) is 0 Å². The zero-order valence-corrected chi connectivity index (χ0v) is 39.3. The lowest BCUT2D eigenvalue weighted by molar-refractivity contribution is -0.167. The van der Waals surface area contributed by atoms with Crippen LogP contribution in [0.1, 0.15) is 265 Å². The predicted molar refractivity (Wildman–Crippen MR) is 252 cm³/mol. The van der Waals surface area contributed by atoms with E-state index in [9.17, 15) is 14.4 Å². The van der Waals surface area contributed by atoms with E-state index in [1.165, 1.54) is 141 Å². The first-order chi connectivity index (χ1) is 29.0. The second-order valence-corrected chi connectivity index (χ2v) is 17.1. The molecule has 0 heterocycles. The van der Waals surface area contributed by atoms with Gasteiger partial charge in [-0.1, -0.05) is 205 Å². The van der Waals surface area contributed by atoms with Gasteiger partial charge in [0.25, 0.3) is 0 Å². The third-order valence-corrected chi connectivity index (χ3v) is 11.1. The average Bonchev–Trinajstić information content (AvgIpc) is 3.23. The number of hydrogen-bond donors (Lipinski definition) is 0. The summed E-state index contributed by atoms with van der Waals surface area (Å²) in [6.45, 7) is 6.59. The van der Waals surface area contributed by atoms with Crippen molar-refractivity contribution in [2.45, 2.75) is 271 Å². The molecule has 6 heteroatoms. The molecule has 0 radical (unpaired) electrons. The van der Waals surface area contributed by atoms with Crippen molar-refractivity contribution in [2.75, 3.05) is 13.2 Å². The minimum atomic E-state index is -0.777. The molecule has 0 aliphatic rings. The lowest BCUT2D eigenvalue weighted by Crippen LogP contribution is -2.30. The molecule has 6 nitrogen and oxygen atoms in total. The van der Waals surface area contributed by atoms with Crippen LogP contribution in [-0.2, 0) is 28.6 Å². The number of carbonyl (C=O) groups is 3. The fourth-order valence-corrected chi connectivity index (χ4v) is 7.23. The Morgan fingerprint density at radius 1 is 0.339 bits per heavy atom. The van der Waals surface area contributed by atoms with E-state index in [2.05, 4.69) is 57.2 Å². The van der Waals surface area contributed by atoms with E-state index in [-0.39, 0.29) is 31.1 Å². The molecule has 0 fully saturated rings. The number of hydrogen-bond acceptors (Lipinski definition) is 6. The number of esters is 3. The van der Waals surface area contributed by atoms with E-state index in [0.717, 1.165) is 83.5 Å². The average molecular weight is 829 g/mol. The van der Waals surface area contributed by atoms with Gasteiger partial charge in [-0.2, -0.15) is 0 Å². The highest BCUT2D eigenvalue weighted by molar-refractivity contribution is 5.71. The Balaban J connectivity index is 4.38. The molecule has 1 atom stereocenters. The molecule has 59 heavy (non-hydrogen) atoms. The van der Waals surface area contributed by atoms with Crippen LogP contribution in [0.2, 0.25) is 0 Å². The maximum absolute atomic E-state index is 12.8. The summed E-state index contributed by atoms with van der Waals surface area (Å²) in [5, 5.41) is 0. The van der Waals surface area contributed by atoms with Gasteiger partial charge in [-0.3, -0.25) is 14.4 Å². The minimum absolute atomic E-state index is 0.0774. The van der Waals surface area contributed by atoms with Crippen molar-refractivity contribution in [2.24, 2.45) is 0 Å². The second-order valence-electron chi connectivity index (χ2n) is 17.1. The first-order valence-corrected chi connectivity index (χ1v) is 25.5. The topological polar surface area (TPSA) is 78.9 Å². The van der Waals surface area contributed by atoms with Crippen molar-refractivity contribution in [3.63, 3.8) is 0 Å². The number of ether oxygens (including phenoxy) is 3. The Labute approximate surface area is 365 Å². The standard InChI is InChI=1S/C53H96O6/c1-4-7-10-13-16-19-22-24-26-28-31-34-37-40-43-46-52(55)58-49-50(48-57-51(54)45-42-39-36-33-30-21-18-15-12-9-6-3)59-53(56)47-44-41-38-35-32-29-27-25-23-20-17-14-11-8-5-2/h16,19,24-27,50H,4-15,17-18,20-23,28-49H2,1-3H3/b19-16-,26-24-,27-25-. The molecule has 0 aromatic rings. The van der Waals surface area contributed by atoms with Gasteiger partial charge in [-0.25, -0.2) is 0 Å². The molecule has 344 valence electrons. The third-order valence-electron chi connectivity index (χ3n) is 11.1. The molecule has 0 amide bonds. The minimum Gasteiger partial charge on any atom is -0.462 e. The predicted octanol–water partition coefficient (Wildman–Crippen LogP) is 16.5. The molecular weight excluding hydrogens is 733 g/mol. The highest BCUT2D eigenvalue weighted by atomic mass is 16.6. The van der Waals surface area contributed by atoms with Gasteiger partial charge in [0.2, 0.25) is 0 Å². The van der Waals surface area contributed by atoms with Crippen LogP contribution in [0.3, 0.4) is 0 Å². The van der Waals surface area contributed by atoms with E-state index in [1.54, 1.807) is 0 Å². The van der Waals surface area contributed by atoms with Crippen LogP contribution < -0.4 is 0 Å². The summed E-state index contributed by atoms with van der Waals surface area (Å²) in [4.78, 5) is 37.9. The molecule has 0 aromatic carbocycles. The summed E-state index contributed by atoms with van der Waals surface area (Å²) >= 11 is 0. The van der Waals surface area contributed by atoms with Crippen LogP contribution in [0.15, 0.2) is 36.5 Å². The zero-order chi connectivity index (χ0) is 43.0. The third kappa shape index (κ3) is 46.5. The van der Waals surface area contributed by atoms with Crippen LogP contribution in [0.25, 0.3) is 0 Å². The quantitative estimate of drug-likeness (QED) is 0.0263. The fraction of sp³-hybridized carbons (Fsp3) is 0.830. The van der Waals surface area contributed by atoms with E-state index < -0.39 is 6.10 Å². The van der Waals surface area contributed by atoms with Crippen molar-refractivity contribution in [1.82, 2.24) is 0 Å². The van der Waals surface area contributed by atoms with Crippen LogP contribution in [0.5, 0.6) is 0 Å². The summed E-state index contributed by atoms with van der Waals surface area (Å²) < 4.78 is 16.8. The Morgan fingerprint density at radius 2 is 0.610 bits per heavy atom. The monoisotopic (exact) mass is 829 g/mol. The molecule has 0 saturated carbocycles. The van der Waals surface area contributed by atoms with Crippen molar-refractivity contribution >= 4 is 17.9 Å². The molecule has 0 rings (SSSR count). The number of carbonyl (C=O) groups excluding carboxylic acids is 3. The van der Waals surface area contributed by atoms with E-state index in [0.29, 0.717) is 19.3 Å². The van der Waals surface area contributed by atoms with Gasteiger partial charge < -0.3 is 14.2 Å². The Hall–Kier alpha value is -2.37. The Kier molecular flexibility index (Phi) is 46.4. The van der Waals surface area contributed by atoms with Crippen LogP contribution >= 0.6 is 0 Å². The maximum atomic E-state index is 12.8. The van der Waals surface area contributed by atoms with Crippen molar-refractivity contribution in [3.05, 3.63) is 36.5 Å². The normalized spacial score (nSPS) is 12.3. The first kappa shape index (κ1) is 56.6. The SMILES string of the molecule is CCCCC/C=C\C/C=C\CCCCCCCC(=O)OCC(COC(=O)CCCCCCCCCCCCC)OC(=O)CCCCCCC/C=C\CCCCCCCC. The molecule has 0 saturated heterocycles. The molecule has 0 spiro atoms. The Morgan fingerprint density at radius 3 is 0.983 bits per heavy atom. The van der Waals surface area contributed by atoms with Gasteiger partial charge in [0.1, 0.15) is 13.2 Å². The lowest BCUT2D eigenvalue weighted by atomic mass is 10.1. The maximum Gasteiger partial charge on any atom is 0.306 e. The largest absolute Gasteiger partial charge is 0.462 e. The van der Waals surface area contributed by atoms with Gasteiger partial charge >= 0.3 is 17.9 Å². The summed E-state index contributed by atoms with van der Waals surface area (Å²) in [5.74, 6) is -0.893. The van der Waals surface area contributed by atoms with Crippen LogP contribution in [0, 0.1) is 0 Å². The molecule has 0 N–H and O–H groups in total. The zero-order valence-electron chi connectivity index (χ0n) is 39.3. The van der Waals surface area contributed by atoms with Gasteiger partial charge in [-0.05, 0) is 77.0 Å². The second kappa shape index (κ2) is 48.3. The summed E-state index contributed by atoms with van der Waals surface area (Å²) in [7, 11) is 0. The summed E-state index contributed by atoms with van der Waals surface area (Å²) in [6, 6.07) is 0. The first-order valence-electron chi connectivity index (χ1n) is 25.5. The number of unbranched alkanes of at least 4 members (excludes halogenated alkanes) is 29. The van der Waals surface area contributed by atoms with Crippen molar-refractivity contribution < 1.29 is 28.6 Å². The van der Waals surface area contributed by atoms with Gasteiger partial charge in [0.05, 0.1) is 0 Å². The van der Waals surface area contributed by atoms with Gasteiger partial charge in [0.15, 0.2) is 6.10 Å². The van der Waals surface area contributed by atoms with E-state index >= 15 is 0 Å². The number of rotatable bonds is 46.